The molecule has 7 heteroatoms. The Bertz CT molecular complexity index is 714. The number of hydrogen-bond acceptors (Lipinski definition) is 6. The molecule has 0 amide bonds. The first-order chi connectivity index (χ1) is 9.74. The van der Waals surface area contributed by atoms with E-state index in [0.717, 1.165) is 22.0 Å². The Morgan fingerprint density at radius 1 is 1.40 bits per heavy atom. The van der Waals surface area contributed by atoms with Crippen LogP contribution in [0.3, 0.4) is 0 Å². The van der Waals surface area contributed by atoms with Crippen LogP contribution in [-0.2, 0) is 6.61 Å². The van der Waals surface area contributed by atoms with E-state index >= 15 is 0 Å². The third-order valence-corrected chi connectivity index (χ3v) is 4.27. The molecule has 20 heavy (non-hydrogen) atoms. The SMILES string of the molecule is O=C(O)c1sccc1OCc1csc(-c2ccco2)n1. The molecule has 3 rings (SSSR count). The van der Waals surface area contributed by atoms with E-state index in [2.05, 4.69) is 4.98 Å². The molecule has 102 valence electrons. The van der Waals surface area contributed by atoms with E-state index < -0.39 is 5.97 Å². The summed E-state index contributed by atoms with van der Waals surface area (Å²) in [6.45, 7) is 0.230. The first-order valence-electron chi connectivity index (χ1n) is 5.66. The molecule has 0 unspecified atom stereocenters. The summed E-state index contributed by atoms with van der Waals surface area (Å²) in [6.07, 6.45) is 1.59. The number of rotatable bonds is 5. The fraction of sp³-hybridized carbons (Fsp3) is 0.0769. The second-order valence-corrected chi connectivity index (χ2v) is 5.60. The quantitative estimate of drug-likeness (QED) is 0.777. The van der Waals surface area contributed by atoms with Crippen molar-refractivity contribution in [1.29, 1.82) is 0 Å². The Hall–Kier alpha value is -2.12. The summed E-state index contributed by atoms with van der Waals surface area (Å²) in [4.78, 5) is 15.5. The minimum absolute atomic E-state index is 0.200. The number of aromatic nitrogens is 1. The molecule has 3 aromatic heterocycles. The van der Waals surface area contributed by atoms with Crippen molar-refractivity contribution in [1.82, 2.24) is 4.98 Å². The van der Waals surface area contributed by atoms with Gasteiger partial charge in [0.1, 0.15) is 12.4 Å². The number of thiophene rings is 1. The van der Waals surface area contributed by atoms with Gasteiger partial charge < -0.3 is 14.3 Å². The third kappa shape index (κ3) is 2.59. The second kappa shape index (κ2) is 5.48. The Morgan fingerprint density at radius 3 is 3.05 bits per heavy atom. The van der Waals surface area contributed by atoms with E-state index in [-0.39, 0.29) is 11.5 Å². The number of carboxylic acids is 1. The van der Waals surface area contributed by atoms with E-state index in [1.807, 2.05) is 11.4 Å². The van der Waals surface area contributed by atoms with Gasteiger partial charge in [0.2, 0.25) is 0 Å². The number of furan rings is 1. The highest BCUT2D eigenvalue weighted by Crippen LogP contribution is 2.27. The molecule has 3 aromatic rings. The molecule has 0 aromatic carbocycles. The highest BCUT2D eigenvalue weighted by atomic mass is 32.1. The van der Waals surface area contributed by atoms with Crippen LogP contribution in [0.2, 0.25) is 0 Å². The van der Waals surface area contributed by atoms with E-state index in [4.69, 9.17) is 14.3 Å². The first-order valence-corrected chi connectivity index (χ1v) is 7.42. The van der Waals surface area contributed by atoms with Gasteiger partial charge in [-0.1, -0.05) is 0 Å². The largest absolute Gasteiger partial charge is 0.485 e. The summed E-state index contributed by atoms with van der Waals surface area (Å²) in [5.74, 6) is 0.0996. The molecule has 0 aliphatic carbocycles. The van der Waals surface area contributed by atoms with Gasteiger partial charge in [0.15, 0.2) is 15.6 Å². The van der Waals surface area contributed by atoms with Crippen LogP contribution in [0, 0.1) is 0 Å². The molecule has 5 nitrogen and oxygen atoms in total. The van der Waals surface area contributed by atoms with Gasteiger partial charge in [0, 0.05) is 5.38 Å². The lowest BCUT2D eigenvalue weighted by molar-refractivity contribution is 0.0697. The number of carbonyl (C=O) groups is 1. The van der Waals surface area contributed by atoms with Crippen LogP contribution in [0.15, 0.2) is 39.6 Å². The third-order valence-electron chi connectivity index (χ3n) is 2.48. The summed E-state index contributed by atoms with van der Waals surface area (Å²) in [5.41, 5.74) is 0.740. The smallest absolute Gasteiger partial charge is 0.349 e. The van der Waals surface area contributed by atoms with Crippen molar-refractivity contribution in [2.75, 3.05) is 0 Å². The molecule has 0 saturated carbocycles. The molecule has 0 aliphatic rings. The molecular formula is C13H9NO4S2. The van der Waals surface area contributed by atoms with Crippen LogP contribution in [0.1, 0.15) is 15.4 Å². The molecule has 0 radical (unpaired) electrons. The van der Waals surface area contributed by atoms with Gasteiger partial charge in [-0.15, -0.1) is 22.7 Å². The van der Waals surface area contributed by atoms with Crippen molar-refractivity contribution in [2.24, 2.45) is 0 Å². The van der Waals surface area contributed by atoms with E-state index in [0.29, 0.717) is 11.5 Å². The minimum atomic E-state index is -0.982. The number of nitrogens with zero attached hydrogens (tertiary/aromatic N) is 1. The Morgan fingerprint density at radius 2 is 2.30 bits per heavy atom. The van der Waals surface area contributed by atoms with Gasteiger partial charge in [0.05, 0.1) is 12.0 Å². The van der Waals surface area contributed by atoms with Crippen LogP contribution in [0.4, 0.5) is 0 Å². The minimum Gasteiger partial charge on any atom is -0.485 e. The van der Waals surface area contributed by atoms with E-state index in [1.54, 1.807) is 23.8 Å². The zero-order valence-corrected chi connectivity index (χ0v) is 11.7. The van der Waals surface area contributed by atoms with Crippen molar-refractivity contribution < 1.29 is 19.1 Å². The molecule has 1 N–H and O–H groups in total. The van der Waals surface area contributed by atoms with E-state index in [1.165, 1.54) is 11.3 Å². The molecule has 0 atom stereocenters. The Kier molecular flexibility index (Phi) is 3.53. The highest BCUT2D eigenvalue weighted by Gasteiger charge is 2.14. The summed E-state index contributed by atoms with van der Waals surface area (Å²) < 4.78 is 10.8. The van der Waals surface area contributed by atoms with Crippen LogP contribution in [0.25, 0.3) is 10.8 Å². The molecule has 0 fully saturated rings. The zero-order valence-electron chi connectivity index (χ0n) is 10.1. The van der Waals surface area contributed by atoms with Crippen molar-refractivity contribution in [3.05, 3.63) is 45.8 Å². The van der Waals surface area contributed by atoms with Gasteiger partial charge in [0.25, 0.3) is 0 Å². The van der Waals surface area contributed by atoms with Crippen LogP contribution in [0.5, 0.6) is 5.75 Å². The van der Waals surface area contributed by atoms with Crippen molar-refractivity contribution in [2.45, 2.75) is 6.61 Å². The standard InChI is InChI=1S/C13H9NO4S2/c15-13(16)11-9(3-5-19-11)18-6-8-7-20-12(14-8)10-2-1-4-17-10/h1-5,7H,6H2,(H,15,16). The Balaban J connectivity index is 1.70. The maximum absolute atomic E-state index is 11.0. The summed E-state index contributed by atoms with van der Waals surface area (Å²) >= 11 is 2.60. The first kappa shape index (κ1) is 12.9. The lowest BCUT2D eigenvalue weighted by atomic mass is 10.4. The van der Waals surface area contributed by atoms with Gasteiger partial charge in [-0.05, 0) is 23.6 Å². The molecule has 0 saturated heterocycles. The molecule has 0 aliphatic heterocycles. The average molecular weight is 307 g/mol. The molecule has 3 heterocycles. The topological polar surface area (TPSA) is 72.6 Å². The summed E-state index contributed by atoms with van der Waals surface area (Å²) in [5, 5.41) is 13.3. The number of hydrogen-bond donors (Lipinski definition) is 1. The lowest BCUT2D eigenvalue weighted by Gasteiger charge is -2.02. The van der Waals surface area contributed by atoms with Crippen LogP contribution >= 0.6 is 22.7 Å². The number of carboxylic acid groups (broad SMARTS) is 1. The lowest BCUT2D eigenvalue weighted by Crippen LogP contribution is -2.00. The van der Waals surface area contributed by atoms with Crippen molar-refractivity contribution in [3.63, 3.8) is 0 Å². The fourth-order valence-electron chi connectivity index (χ4n) is 1.61. The number of aromatic carboxylic acids is 1. The predicted molar refractivity (Wildman–Crippen MR) is 75.4 cm³/mol. The maximum Gasteiger partial charge on any atom is 0.349 e. The molecule has 0 bridgehead atoms. The summed E-state index contributed by atoms with van der Waals surface area (Å²) in [7, 11) is 0. The highest BCUT2D eigenvalue weighted by molar-refractivity contribution is 7.13. The van der Waals surface area contributed by atoms with Gasteiger partial charge >= 0.3 is 5.97 Å². The second-order valence-electron chi connectivity index (χ2n) is 3.83. The predicted octanol–water partition coefficient (Wildman–Crippen LogP) is 3.74. The van der Waals surface area contributed by atoms with Crippen molar-refractivity contribution >= 4 is 28.6 Å². The normalized spacial score (nSPS) is 10.6. The maximum atomic E-state index is 11.0. The van der Waals surface area contributed by atoms with Gasteiger partial charge in [-0.2, -0.15) is 0 Å². The summed E-state index contributed by atoms with van der Waals surface area (Å²) in [6, 6.07) is 5.29. The van der Waals surface area contributed by atoms with Crippen molar-refractivity contribution in [3.8, 4) is 16.5 Å². The van der Waals surface area contributed by atoms with Crippen LogP contribution in [-0.4, -0.2) is 16.1 Å². The average Bonchev–Trinajstić information content (AvgIpc) is 3.16. The Labute approximate surface area is 122 Å². The number of ether oxygens (including phenoxy) is 1. The number of thiazole rings is 1. The van der Waals surface area contributed by atoms with E-state index in [9.17, 15) is 4.79 Å². The molecular weight excluding hydrogens is 298 g/mol. The monoisotopic (exact) mass is 307 g/mol. The van der Waals surface area contributed by atoms with Crippen LogP contribution < -0.4 is 4.74 Å². The molecule has 0 spiro atoms. The fourth-order valence-corrected chi connectivity index (χ4v) is 3.05. The van der Waals surface area contributed by atoms with Gasteiger partial charge in [-0.3, -0.25) is 0 Å². The van der Waals surface area contributed by atoms with Gasteiger partial charge in [-0.25, -0.2) is 9.78 Å². The zero-order chi connectivity index (χ0) is 13.9.